The van der Waals surface area contributed by atoms with E-state index in [2.05, 4.69) is 121 Å². The zero-order valence-electron chi connectivity index (χ0n) is 21.6. The number of unbranched alkanes of at least 4 members (excludes halogenated alkanes) is 2. The molecule has 0 N–H and O–H groups in total. The number of hydrogen-bond donors (Lipinski definition) is 0. The molecule has 0 radical (unpaired) electrons. The van der Waals surface area contributed by atoms with Gasteiger partial charge in [-0.15, -0.1) is 0 Å². The number of imidazole rings is 1. The van der Waals surface area contributed by atoms with E-state index in [1.807, 2.05) is 0 Å². The molecule has 4 aromatic carbocycles. The first kappa shape index (κ1) is 27.5. The lowest BCUT2D eigenvalue weighted by Crippen LogP contribution is -3.00. The lowest BCUT2D eigenvalue weighted by molar-refractivity contribution is -0.00000729. The Kier molecular flexibility index (Phi) is 10.3. The number of hydrogen-bond acceptors (Lipinski definition) is 1. The molecule has 0 aliphatic rings. The smallest absolute Gasteiger partial charge is 0.109 e. The van der Waals surface area contributed by atoms with E-state index in [1.165, 1.54) is 52.3 Å². The van der Waals surface area contributed by atoms with Crippen LogP contribution in [0.3, 0.4) is 0 Å². The molecule has 5 aromatic rings. The molecule has 190 valence electrons. The van der Waals surface area contributed by atoms with Gasteiger partial charge in [0, 0.05) is 13.0 Å². The van der Waals surface area contributed by atoms with Crippen molar-refractivity contribution < 1.29 is 24.0 Å². The standard InChI is InChI=1S/C33H35N2P.HI/c1-2-3-7-20-33-34-31-25-28(21-22-32(31)35(33)24-23-27-14-8-4-9-15-27)26-36(29-16-10-5-11-17-29)30-18-12-6-13-19-30;/h4-6,8-19,21-22,25H,2-3,7,20,23-24,26H2,1H3;1H. The van der Waals surface area contributed by atoms with E-state index in [4.69, 9.17) is 4.98 Å². The Hall–Kier alpha value is -2.49. The third-order valence-corrected chi connectivity index (χ3v) is 9.81. The Labute approximate surface area is 239 Å². The Morgan fingerprint density at radius 2 is 1.30 bits per heavy atom. The Morgan fingerprint density at radius 3 is 1.92 bits per heavy atom. The second-order valence-electron chi connectivity index (χ2n) is 9.58. The fourth-order valence-electron chi connectivity index (χ4n) is 5.05. The topological polar surface area (TPSA) is 17.8 Å². The van der Waals surface area contributed by atoms with Crippen LogP contribution in [-0.2, 0) is 25.5 Å². The van der Waals surface area contributed by atoms with Gasteiger partial charge in [0.2, 0.25) is 0 Å². The van der Waals surface area contributed by atoms with Gasteiger partial charge in [-0.25, -0.2) is 4.98 Å². The molecule has 0 unspecified atom stereocenters. The number of fused-ring (bicyclic) bond motifs is 1. The van der Waals surface area contributed by atoms with Crippen molar-refractivity contribution in [3.8, 4) is 0 Å². The lowest BCUT2D eigenvalue weighted by Gasteiger charge is -2.12. The van der Waals surface area contributed by atoms with Crippen molar-refractivity contribution in [2.24, 2.45) is 0 Å². The van der Waals surface area contributed by atoms with Crippen LogP contribution in [0.2, 0.25) is 0 Å². The van der Waals surface area contributed by atoms with Crippen LogP contribution in [0.4, 0.5) is 0 Å². The summed E-state index contributed by atoms with van der Waals surface area (Å²) in [6, 6.07) is 39.9. The van der Waals surface area contributed by atoms with E-state index in [0.717, 1.165) is 31.1 Å². The Balaban J connectivity index is 0.00000320. The highest BCUT2D eigenvalue weighted by atomic mass is 127. The van der Waals surface area contributed by atoms with E-state index >= 15 is 0 Å². The molecule has 1 aromatic heterocycles. The van der Waals surface area contributed by atoms with Crippen molar-refractivity contribution in [2.75, 3.05) is 0 Å². The summed E-state index contributed by atoms with van der Waals surface area (Å²) in [4.78, 5) is 5.18. The van der Waals surface area contributed by atoms with Crippen LogP contribution >= 0.6 is 7.92 Å². The quantitative estimate of drug-likeness (QED) is 0.122. The molecule has 0 amide bonds. The summed E-state index contributed by atoms with van der Waals surface area (Å²) in [7, 11) is -0.921. The maximum atomic E-state index is 5.18. The number of aryl methyl sites for hydroxylation is 3. The number of nitrogens with zero attached hydrogens (tertiary/aromatic N) is 2. The van der Waals surface area contributed by atoms with Gasteiger partial charge in [-0.1, -0.05) is 92.6 Å². The van der Waals surface area contributed by atoms with Crippen LogP contribution in [0.5, 0.6) is 0 Å². The van der Waals surface area contributed by atoms with Crippen molar-refractivity contribution in [1.29, 1.82) is 0 Å². The molecular weight excluding hydrogens is 582 g/mol. The van der Waals surface area contributed by atoms with Gasteiger partial charge < -0.3 is 28.5 Å². The minimum Gasteiger partial charge on any atom is -1.00 e. The largest absolute Gasteiger partial charge is 1.00 e. The van der Waals surface area contributed by atoms with Gasteiger partial charge in [-0.2, -0.15) is 0 Å². The zero-order valence-corrected chi connectivity index (χ0v) is 24.8. The molecule has 4 heteroatoms. The zero-order chi connectivity index (χ0) is 24.6. The summed E-state index contributed by atoms with van der Waals surface area (Å²) in [5, 5.41) is 2.92. The van der Waals surface area contributed by atoms with Crippen molar-refractivity contribution in [3.63, 3.8) is 0 Å². The van der Waals surface area contributed by atoms with Crippen LogP contribution in [0.25, 0.3) is 11.0 Å². The maximum Gasteiger partial charge on any atom is 0.109 e. The van der Waals surface area contributed by atoms with E-state index in [1.54, 1.807) is 0 Å². The van der Waals surface area contributed by atoms with Crippen molar-refractivity contribution in [2.45, 2.75) is 51.7 Å². The SMILES string of the molecule is CCCCCc1nc2cc(C[PH+](c3ccccc3)c3ccccc3)ccc2n1CCc1ccccc1.[I-]. The molecule has 0 fully saturated rings. The third kappa shape index (κ3) is 7.09. The van der Waals surface area contributed by atoms with Crippen LogP contribution in [0.15, 0.2) is 109 Å². The molecule has 0 bridgehead atoms. The van der Waals surface area contributed by atoms with Gasteiger partial charge in [-0.3, -0.25) is 0 Å². The van der Waals surface area contributed by atoms with Gasteiger partial charge in [0.25, 0.3) is 0 Å². The van der Waals surface area contributed by atoms with Crippen LogP contribution in [-0.4, -0.2) is 9.55 Å². The van der Waals surface area contributed by atoms with Gasteiger partial charge in [0.1, 0.15) is 5.82 Å². The number of rotatable bonds is 11. The van der Waals surface area contributed by atoms with Gasteiger partial charge >= 0.3 is 0 Å². The highest BCUT2D eigenvalue weighted by Crippen LogP contribution is 2.38. The van der Waals surface area contributed by atoms with E-state index < -0.39 is 7.92 Å². The summed E-state index contributed by atoms with van der Waals surface area (Å²) in [5.74, 6) is 1.24. The highest BCUT2D eigenvalue weighted by molar-refractivity contribution is 7.72. The van der Waals surface area contributed by atoms with Crippen LogP contribution in [0.1, 0.15) is 43.1 Å². The predicted molar refractivity (Wildman–Crippen MR) is 157 cm³/mol. The first-order valence-electron chi connectivity index (χ1n) is 13.3. The molecule has 37 heavy (non-hydrogen) atoms. The molecule has 0 saturated heterocycles. The molecular formula is C33H36IN2P. The average Bonchev–Trinajstić information content (AvgIpc) is 3.28. The van der Waals surface area contributed by atoms with E-state index in [0.29, 0.717) is 0 Å². The van der Waals surface area contributed by atoms with Gasteiger partial charge in [0.05, 0.1) is 35.7 Å². The monoisotopic (exact) mass is 618 g/mol. The van der Waals surface area contributed by atoms with Crippen molar-refractivity contribution in [3.05, 3.63) is 126 Å². The molecule has 0 saturated carbocycles. The molecule has 0 aliphatic heterocycles. The summed E-state index contributed by atoms with van der Waals surface area (Å²) < 4.78 is 2.47. The molecule has 2 nitrogen and oxygen atoms in total. The van der Waals surface area contributed by atoms with Gasteiger partial charge in [-0.05, 0) is 60.4 Å². The summed E-state index contributed by atoms with van der Waals surface area (Å²) in [6.07, 6.45) is 6.84. The second-order valence-corrected chi connectivity index (χ2v) is 12.0. The average molecular weight is 619 g/mol. The first-order valence-corrected chi connectivity index (χ1v) is 15.0. The third-order valence-electron chi connectivity index (χ3n) is 6.99. The van der Waals surface area contributed by atoms with E-state index in [-0.39, 0.29) is 24.0 Å². The molecule has 0 spiro atoms. The molecule has 5 rings (SSSR count). The molecule has 0 atom stereocenters. The fraction of sp³-hybridized carbons (Fsp3) is 0.242. The first-order chi connectivity index (χ1) is 17.8. The van der Waals surface area contributed by atoms with E-state index in [9.17, 15) is 0 Å². The number of aromatic nitrogens is 2. The summed E-state index contributed by atoms with van der Waals surface area (Å²) in [5.41, 5.74) is 5.19. The van der Waals surface area contributed by atoms with Crippen molar-refractivity contribution >= 4 is 29.6 Å². The molecule has 1 heterocycles. The predicted octanol–water partition coefficient (Wildman–Crippen LogP) is 4.38. The minimum atomic E-state index is -0.921. The maximum absolute atomic E-state index is 5.18. The number of benzene rings is 4. The van der Waals surface area contributed by atoms with Crippen molar-refractivity contribution in [1.82, 2.24) is 9.55 Å². The summed E-state index contributed by atoms with van der Waals surface area (Å²) in [6.45, 7) is 3.24. The lowest BCUT2D eigenvalue weighted by atomic mass is 10.1. The normalized spacial score (nSPS) is 11.1. The number of halogens is 1. The molecule has 0 aliphatic carbocycles. The fourth-order valence-corrected chi connectivity index (χ4v) is 7.61. The van der Waals surface area contributed by atoms with Gasteiger partial charge in [0.15, 0.2) is 0 Å². The summed E-state index contributed by atoms with van der Waals surface area (Å²) >= 11 is 0. The Bertz CT molecular complexity index is 1330. The van der Waals surface area contributed by atoms with Crippen LogP contribution in [0, 0.1) is 0 Å². The Morgan fingerprint density at radius 1 is 0.676 bits per heavy atom. The highest BCUT2D eigenvalue weighted by Gasteiger charge is 2.23. The second kappa shape index (κ2) is 13.9. The van der Waals surface area contributed by atoms with Crippen LogP contribution < -0.4 is 34.6 Å². The minimum absolute atomic E-state index is 0.